The van der Waals surface area contributed by atoms with Gasteiger partial charge < -0.3 is 9.47 Å². The summed E-state index contributed by atoms with van der Waals surface area (Å²) in [4.78, 5) is 18.1. The van der Waals surface area contributed by atoms with Crippen molar-refractivity contribution >= 4 is 38.9 Å². The molecule has 3 heterocycles. The molecule has 0 N–H and O–H groups in total. The van der Waals surface area contributed by atoms with Crippen molar-refractivity contribution in [1.29, 1.82) is 0 Å². The van der Waals surface area contributed by atoms with Gasteiger partial charge in [-0.2, -0.15) is 0 Å². The Morgan fingerprint density at radius 2 is 0.768 bits per heavy atom. The lowest BCUT2D eigenvalue weighted by Crippen LogP contribution is -2.36. The SMILES string of the molecule is c1ccc(-c2nc(-c3ccc(-n4c5ccccc5c5ccccc54)cc3)nc(-c3cccc(-c4cccc5c4C4(c6ccccc6-5)c5ccccc5N(c5ccccc5)c5ccccc54)c3)n2)cc1. The molecular formula is C64H41N5. The number of nitrogens with zero attached hydrogens (tertiary/aromatic N) is 5. The quantitative estimate of drug-likeness (QED) is 0.167. The fourth-order valence-corrected chi connectivity index (χ4v) is 11.4. The second kappa shape index (κ2) is 15.4. The van der Waals surface area contributed by atoms with Crippen molar-refractivity contribution in [3.8, 4) is 62.1 Å². The molecule has 0 fully saturated rings. The minimum Gasteiger partial charge on any atom is -0.310 e. The summed E-state index contributed by atoms with van der Waals surface area (Å²) < 4.78 is 2.33. The highest BCUT2D eigenvalue weighted by Crippen LogP contribution is 2.65. The summed E-state index contributed by atoms with van der Waals surface area (Å²) >= 11 is 0. The van der Waals surface area contributed by atoms with Crippen LogP contribution in [0.2, 0.25) is 0 Å². The smallest absolute Gasteiger partial charge is 0.164 e. The molecule has 0 atom stereocenters. The van der Waals surface area contributed by atoms with Crippen LogP contribution in [-0.4, -0.2) is 19.5 Å². The van der Waals surface area contributed by atoms with E-state index in [0.29, 0.717) is 17.5 Å². The number of hydrogen-bond donors (Lipinski definition) is 0. The normalized spacial score (nSPS) is 13.0. The summed E-state index contributed by atoms with van der Waals surface area (Å²) in [6, 6.07) is 89.3. The lowest BCUT2D eigenvalue weighted by Gasteiger charge is -2.45. The number of fused-ring (bicyclic) bond motifs is 12. The van der Waals surface area contributed by atoms with Crippen molar-refractivity contribution in [1.82, 2.24) is 19.5 Å². The van der Waals surface area contributed by atoms with Gasteiger partial charge in [0.1, 0.15) is 0 Å². The van der Waals surface area contributed by atoms with E-state index in [9.17, 15) is 0 Å². The Morgan fingerprint density at radius 1 is 0.304 bits per heavy atom. The van der Waals surface area contributed by atoms with Crippen LogP contribution in [0.1, 0.15) is 22.3 Å². The lowest BCUT2D eigenvalue weighted by molar-refractivity contribution is 0.754. The molecule has 5 nitrogen and oxygen atoms in total. The minimum atomic E-state index is -0.608. The number of rotatable bonds is 6. The molecular weight excluding hydrogens is 839 g/mol. The van der Waals surface area contributed by atoms with Gasteiger partial charge in [0.2, 0.25) is 0 Å². The summed E-state index contributed by atoms with van der Waals surface area (Å²) in [5.41, 5.74) is 18.9. The van der Waals surface area contributed by atoms with E-state index in [-0.39, 0.29) is 0 Å². The lowest BCUT2D eigenvalue weighted by atomic mass is 9.63. The van der Waals surface area contributed by atoms with Gasteiger partial charge in [0.15, 0.2) is 17.5 Å². The number of benzene rings is 10. The molecule has 0 radical (unpaired) electrons. The van der Waals surface area contributed by atoms with Crippen LogP contribution in [0.3, 0.4) is 0 Å². The molecule has 0 bridgehead atoms. The van der Waals surface area contributed by atoms with Crippen LogP contribution in [0, 0.1) is 0 Å². The molecule has 12 aromatic rings. The molecule has 0 amide bonds. The van der Waals surface area contributed by atoms with Gasteiger partial charge in [-0.1, -0.05) is 182 Å². The van der Waals surface area contributed by atoms with Crippen molar-refractivity contribution in [2.45, 2.75) is 5.41 Å². The first-order valence-electron chi connectivity index (χ1n) is 23.5. The average Bonchev–Trinajstić information content (AvgIpc) is 3.92. The molecule has 5 heteroatoms. The van der Waals surface area contributed by atoms with Crippen LogP contribution in [0.5, 0.6) is 0 Å². The number of aromatic nitrogens is 4. The van der Waals surface area contributed by atoms with Crippen LogP contribution < -0.4 is 4.90 Å². The molecule has 2 aromatic heterocycles. The van der Waals surface area contributed by atoms with E-state index in [1.54, 1.807) is 0 Å². The van der Waals surface area contributed by atoms with E-state index < -0.39 is 5.41 Å². The first-order chi connectivity index (χ1) is 34.2. The third-order valence-electron chi connectivity index (χ3n) is 14.2. The molecule has 322 valence electrons. The maximum atomic E-state index is 5.28. The van der Waals surface area contributed by atoms with Gasteiger partial charge in [0.25, 0.3) is 0 Å². The largest absolute Gasteiger partial charge is 0.310 e. The second-order valence-corrected chi connectivity index (χ2v) is 17.9. The maximum Gasteiger partial charge on any atom is 0.164 e. The van der Waals surface area contributed by atoms with Gasteiger partial charge in [-0.3, -0.25) is 0 Å². The number of anilines is 3. The molecule has 0 unspecified atom stereocenters. The van der Waals surface area contributed by atoms with Gasteiger partial charge in [-0.25, -0.2) is 15.0 Å². The Balaban J connectivity index is 0.937. The van der Waals surface area contributed by atoms with Crippen LogP contribution in [0.15, 0.2) is 249 Å². The van der Waals surface area contributed by atoms with Gasteiger partial charge in [-0.15, -0.1) is 0 Å². The van der Waals surface area contributed by atoms with E-state index in [1.165, 1.54) is 72.1 Å². The summed E-state index contributed by atoms with van der Waals surface area (Å²) in [6.07, 6.45) is 0. The third-order valence-corrected chi connectivity index (χ3v) is 14.2. The van der Waals surface area contributed by atoms with E-state index in [1.807, 2.05) is 18.2 Å². The minimum absolute atomic E-state index is 0.608. The summed E-state index contributed by atoms with van der Waals surface area (Å²) in [7, 11) is 0. The Hall–Kier alpha value is -9.19. The van der Waals surface area contributed by atoms with Gasteiger partial charge in [0.05, 0.1) is 27.8 Å². The highest BCUT2D eigenvalue weighted by molar-refractivity contribution is 6.09. The van der Waals surface area contributed by atoms with Gasteiger partial charge in [0, 0.05) is 38.8 Å². The van der Waals surface area contributed by atoms with Crippen molar-refractivity contribution in [3.63, 3.8) is 0 Å². The Bertz CT molecular complexity index is 3870. The number of hydrogen-bond acceptors (Lipinski definition) is 4. The molecule has 1 spiro atoms. The topological polar surface area (TPSA) is 46.8 Å². The van der Waals surface area contributed by atoms with Crippen LogP contribution in [-0.2, 0) is 5.41 Å². The Morgan fingerprint density at radius 3 is 1.43 bits per heavy atom. The zero-order chi connectivity index (χ0) is 45.5. The highest BCUT2D eigenvalue weighted by Gasteiger charge is 2.52. The highest BCUT2D eigenvalue weighted by atomic mass is 15.2. The standard InChI is InChI=1S/C64H41N5/c1-3-19-42(20-4-1)61-65-62(43-37-39-47(40-38-43)68-56-33-13-8-26-50(56)51-27-9-14-34-57(51)68)67-63(66-61)45-22-17-21-44(41-45)48-28-18-29-52-49-25-7-10-30-53(49)64(60(48)52)54-31-11-15-35-58(54)69(46-23-5-2-6-24-46)59-36-16-12-32-55(59)64/h1-41H. The zero-order valence-electron chi connectivity index (χ0n) is 37.4. The molecule has 1 aliphatic heterocycles. The van der Waals surface area contributed by atoms with E-state index in [0.717, 1.165) is 33.6 Å². The molecule has 0 saturated heterocycles. The van der Waals surface area contributed by atoms with Crippen LogP contribution >= 0.6 is 0 Å². The van der Waals surface area contributed by atoms with Crippen LogP contribution in [0.25, 0.3) is 83.9 Å². The molecule has 69 heavy (non-hydrogen) atoms. The third kappa shape index (κ3) is 5.87. The molecule has 2 aliphatic rings. The Kier molecular flexibility index (Phi) is 8.73. The summed E-state index contributed by atoms with van der Waals surface area (Å²) in [5, 5.41) is 2.47. The predicted molar refractivity (Wildman–Crippen MR) is 281 cm³/mol. The average molecular weight is 880 g/mol. The maximum absolute atomic E-state index is 5.28. The number of para-hydroxylation sites is 5. The van der Waals surface area contributed by atoms with Crippen molar-refractivity contribution in [3.05, 3.63) is 271 Å². The summed E-state index contributed by atoms with van der Waals surface area (Å²) in [6.45, 7) is 0. The second-order valence-electron chi connectivity index (χ2n) is 17.9. The Labute approximate surface area is 399 Å². The fourth-order valence-electron chi connectivity index (χ4n) is 11.4. The first kappa shape index (κ1) is 39.0. The van der Waals surface area contributed by atoms with E-state index in [2.05, 4.69) is 240 Å². The zero-order valence-corrected chi connectivity index (χ0v) is 37.4. The first-order valence-corrected chi connectivity index (χ1v) is 23.5. The molecule has 14 rings (SSSR count). The van der Waals surface area contributed by atoms with Gasteiger partial charge >= 0.3 is 0 Å². The fraction of sp³-hybridized carbons (Fsp3) is 0.0156. The summed E-state index contributed by atoms with van der Waals surface area (Å²) in [5.74, 6) is 1.86. The van der Waals surface area contributed by atoms with Gasteiger partial charge in [-0.05, 0) is 111 Å². The van der Waals surface area contributed by atoms with Crippen LogP contribution in [0.4, 0.5) is 17.1 Å². The van der Waals surface area contributed by atoms with E-state index >= 15 is 0 Å². The van der Waals surface area contributed by atoms with E-state index in [4.69, 9.17) is 15.0 Å². The molecule has 1 aliphatic carbocycles. The monoisotopic (exact) mass is 879 g/mol. The van der Waals surface area contributed by atoms with Crippen molar-refractivity contribution in [2.24, 2.45) is 0 Å². The molecule has 10 aromatic carbocycles. The van der Waals surface area contributed by atoms with Crippen molar-refractivity contribution in [2.75, 3.05) is 4.90 Å². The molecule has 0 saturated carbocycles. The predicted octanol–water partition coefficient (Wildman–Crippen LogP) is 15.8. The van der Waals surface area contributed by atoms with Crippen molar-refractivity contribution < 1.29 is 0 Å².